The van der Waals surface area contributed by atoms with Crippen molar-refractivity contribution in [2.75, 3.05) is 13.7 Å². The van der Waals surface area contributed by atoms with Crippen LogP contribution in [-0.2, 0) is 6.54 Å². The van der Waals surface area contributed by atoms with E-state index in [2.05, 4.69) is 42.8 Å². The lowest BCUT2D eigenvalue weighted by atomic mass is 9.96. The first kappa shape index (κ1) is 15.2. The minimum Gasteiger partial charge on any atom is -0.394 e. The van der Waals surface area contributed by atoms with Crippen molar-refractivity contribution in [3.8, 4) is 0 Å². The Morgan fingerprint density at radius 2 is 1.94 bits per heavy atom. The molecular weight excluding hydrogens is 226 g/mol. The van der Waals surface area contributed by atoms with Crippen molar-refractivity contribution in [2.24, 2.45) is 0 Å². The number of likely N-dealkylation sites (N-methyl/N-ethyl adjacent to an activating group) is 1. The number of aliphatic hydroxyl groups excluding tert-OH is 1. The van der Waals surface area contributed by atoms with Crippen LogP contribution in [0, 0.1) is 20.8 Å². The molecule has 0 aliphatic heterocycles. The fourth-order valence-corrected chi connectivity index (χ4v) is 2.06. The molecule has 0 amide bonds. The molecule has 0 bridgehead atoms. The molecule has 104 valence electrons. The average Bonchev–Trinajstić information content (AvgIpc) is 2.62. The number of hydrogen-bond acceptors (Lipinski definition) is 3. The van der Waals surface area contributed by atoms with Gasteiger partial charge in [-0.05, 0) is 59.6 Å². The van der Waals surface area contributed by atoms with Crippen molar-refractivity contribution < 1.29 is 5.11 Å². The van der Waals surface area contributed by atoms with E-state index in [9.17, 15) is 5.11 Å². The van der Waals surface area contributed by atoms with Gasteiger partial charge in [0.15, 0.2) is 0 Å². The van der Waals surface area contributed by atoms with Crippen LogP contribution in [-0.4, -0.2) is 34.1 Å². The van der Waals surface area contributed by atoms with E-state index in [1.54, 1.807) is 0 Å². The topological polar surface area (TPSA) is 50.1 Å². The summed E-state index contributed by atoms with van der Waals surface area (Å²) in [6, 6.07) is 0. The third-order valence-corrected chi connectivity index (χ3v) is 4.04. The first-order valence-corrected chi connectivity index (χ1v) is 6.74. The third kappa shape index (κ3) is 3.56. The summed E-state index contributed by atoms with van der Waals surface area (Å²) in [5.74, 6) is 0. The molecule has 1 rings (SSSR count). The van der Waals surface area contributed by atoms with E-state index in [-0.39, 0.29) is 12.1 Å². The molecule has 1 atom stereocenters. The van der Waals surface area contributed by atoms with Crippen molar-refractivity contribution in [1.82, 2.24) is 15.1 Å². The molecule has 0 saturated heterocycles. The Morgan fingerprint density at radius 1 is 1.28 bits per heavy atom. The van der Waals surface area contributed by atoms with Crippen molar-refractivity contribution in [2.45, 2.75) is 59.0 Å². The van der Waals surface area contributed by atoms with E-state index in [0.717, 1.165) is 31.5 Å². The number of nitrogens with one attached hydrogen (secondary N) is 1. The molecule has 1 unspecified atom stereocenters. The van der Waals surface area contributed by atoms with Gasteiger partial charge in [-0.25, -0.2) is 0 Å². The molecule has 0 radical (unpaired) electrons. The Bertz CT molecular complexity index is 381. The first-order valence-electron chi connectivity index (χ1n) is 6.74. The lowest BCUT2D eigenvalue weighted by Crippen LogP contribution is -2.43. The summed E-state index contributed by atoms with van der Waals surface area (Å²) in [4.78, 5) is 0. The van der Waals surface area contributed by atoms with Crippen LogP contribution in [0.1, 0.15) is 43.1 Å². The number of unbranched alkanes of at least 4 members (excludes halogenated alkanes) is 1. The lowest BCUT2D eigenvalue weighted by Gasteiger charge is -2.26. The fourth-order valence-electron chi connectivity index (χ4n) is 2.06. The number of aryl methyl sites for hydroxylation is 2. The Labute approximate surface area is 110 Å². The van der Waals surface area contributed by atoms with Crippen LogP contribution >= 0.6 is 0 Å². The molecule has 0 fully saturated rings. The summed E-state index contributed by atoms with van der Waals surface area (Å²) in [6.07, 6.45) is 3.17. The van der Waals surface area contributed by atoms with Gasteiger partial charge in [-0.2, -0.15) is 5.10 Å². The summed E-state index contributed by atoms with van der Waals surface area (Å²) < 4.78 is 2.10. The van der Waals surface area contributed by atoms with Gasteiger partial charge < -0.3 is 10.4 Å². The zero-order valence-electron chi connectivity index (χ0n) is 12.4. The van der Waals surface area contributed by atoms with E-state index >= 15 is 0 Å². The zero-order chi connectivity index (χ0) is 13.8. The monoisotopic (exact) mass is 253 g/mol. The summed E-state index contributed by atoms with van der Waals surface area (Å²) in [6.45, 7) is 9.51. The Hall–Kier alpha value is -0.870. The van der Waals surface area contributed by atoms with Gasteiger partial charge in [-0.15, -0.1) is 0 Å². The standard InChI is InChI=1S/C14H27N3O/c1-11-12(2)16-17(13(11)3)9-7-6-8-14(4,10-18)15-5/h15,18H,6-10H2,1-5H3. The van der Waals surface area contributed by atoms with Gasteiger partial charge in [-0.1, -0.05) is 0 Å². The number of rotatable bonds is 7. The summed E-state index contributed by atoms with van der Waals surface area (Å²) in [5, 5.41) is 17.0. The van der Waals surface area contributed by atoms with Crippen LogP contribution in [0.15, 0.2) is 0 Å². The second kappa shape index (κ2) is 6.34. The molecule has 1 aromatic heterocycles. The quantitative estimate of drug-likeness (QED) is 0.730. The molecule has 18 heavy (non-hydrogen) atoms. The van der Waals surface area contributed by atoms with Gasteiger partial charge in [0.2, 0.25) is 0 Å². The van der Waals surface area contributed by atoms with Gasteiger partial charge in [0, 0.05) is 17.8 Å². The zero-order valence-corrected chi connectivity index (χ0v) is 12.4. The van der Waals surface area contributed by atoms with Crippen LogP contribution in [0.2, 0.25) is 0 Å². The first-order chi connectivity index (χ1) is 8.43. The highest BCUT2D eigenvalue weighted by Crippen LogP contribution is 2.15. The van der Waals surface area contributed by atoms with Crippen LogP contribution < -0.4 is 5.32 Å². The fraction of sp³-hybridized carbons (Fsp3) is 0.786. The van der Waals surface area contributed by atoms with Crippen molar-refractivity contribution in [3.05, 3.63) is 17.0 Å². The lowest BCUT2D eigenvalue weighted by molar-refractivity contribution is 0.170. The molecule has 1 aromatic rings. The van der Waals surface area contributed by atoms with E-state index in [1.807, 2.05) is 7.05 Å². The average molecular weight is 253 g/mol. The highest BCUT2D eigenvalue weighted by molar-refractivity contribution is 5.21. The maximum atomic E-state index is 9.31. The van der Waals surface area contributed by atoms with Crippen LogP contribution in [0.4, 0.5) is 0 Å². The van der Waals surface area contributed by atoms with E-state index in [4.69, 9.17) is 0 Å². The summed E-state index contributed by atoms with van der Waals surface area (Å²) in [7, 11) is 1.90. The second-order valence-electron chi connectivity index (χ2n) is 5.44. The van der Waals surface area contributed by atoms with Gasteiger partial charge in [0.25, 0.3) is 0 Å². The normalized spacial score (nSPS) is 14.8. The molecule has 0 aliphatic carbocycles. The van der Waals surface area contributed by atoms with Crippen LogP contribution in [0.5, 0.6) is 0 Å². The van der Waals surface area contributed by atoms with E-state index in [1.165, 1.54) is 11.3 Å². The van der Waals surface area contributed by atoms with Gasteiger partial charge >= 0.3 is 0 Å². The smallest absolute Gasteiger partial charge is 0.0625 e. The molecule has 1 heterocycles. The molecule has 4 nitrogen and oxygen atoms in total. The Morgan fingerprint density at radius 3 is 2.39 bits per heavy atom. The van der Waals surface area contributed by atoms with E-state index < -0.39 is 0 Å². The van der Waals surface area contributed by atoms with E-state index in [0.29, 0.717) is 0 Å². The molecule has 2 N–H and O–H groups in total. The minimum absolute atomic E-state index is 0.148. The summed E-state index contributed by atoms with van der Waals surface area (Å²) in [5.41, 5.74) is 3.55. The Kier molecular flexibility index (Phi) is 5.35. The van der Waals surface area contributed by atoms with Crippen molar-refractivity contribution in [3.63, 3.8) is 0 Å². The molecule has 0 aromatic carbocycles. The molecular formula is C14H27N3O. The van der Waals surface area contributed by atoms with Gasteiger partial charge in [-0.3, -0.25) is 4.68 Å². The van der Waals surface area contributed by atoms with Crippen molar-refractivity contribution >= 4 is 0 Å². The second-order valence-corrected chi connectivity index (χ2v) is 5.44. The number of nitrogens with zero attached hydrogens (tertiary/aromatic N) is 2. The van der Waals surface area contributed by atoms with Gasteiger partial charge in [0.1, 0.15) is 0 Å². The van der Waals surface area contributed by atoms with Crippen LogP contribution in [0.3, 0.4) is 0 Å². The predicted molar refractivity (Wildman–Crippen MR) is 74.8 cm³/mol. The van der Waals surface area contributed by atoms with Gasteiger partial charge in [0.05, 0.1) is 12.3 Å². The highest BCUT2D eigenvalue weighted by Gasteiger charge is 2.19. The number of aromatic nitrogens is 2. The predicted octanol–water partition coefficient (Wildman–Crippen LogP) is 1.95. The maximum Gasteiger partial charge on any atom is 0.0625 e. The minimum atomic E-state index is -0.148. The maximum absolute atomic E-state index is 9.31. The third-order valence-electron chi connectivity index (χ3n) is 4.04. The largest absolute Gasteiger partial charge is 0.394 e. The van der Waals surface area contributed by atoms with Crippen molar-refractivity contribution in [1.29, 1.82) is 0 Å². The Balaban J connectivity index is 2.40. The molecule has 0 spiro atoms. The molecule has 0 saturated carbocycles. The number of hydrogen-bond donors (Lipinski definition) is 2. The number of aliphatic hydroxyl groups is 1. The highest BCUT2D eigenvalue weighted by atomic mass is 16.3. The van der Waals surface area contributed by atoms with Crippen LogP contribution in [0.25, 0.3) is 0 Å². The molecule has 0 aliphatic rings. The summed E-state index contributed by atoms with van der Waals surface area (Å²) >= 11 is 0. The molecule has 4 heteroatoms. The SMILES string of the molecule is CNC(C)(CO)CCCCn1nc(C)c(C)c1C.